The Kier molecular flexibility index (Phi) is 5.05. The van der Waals surface area contributed by atoms with Crippen LogP contribution < -0.4 is 4.90 Å². The Morgan fingerprint density at radius 2 is 1.95 bits per heavy atom. The monoisotopic (exact) mass is 326 g/mol. The molecule has 1 saturated carbocycles. The third-order valence-corrected chi connectivity index (χ3v) is 4.29. The van der Waals surface area contributed by atoms with Crippen molar-refractivity contribution in [3.05, 3.63) is 11.1 Å². The Labute approximate surface area is 134 Å². The summed E-state index contributed by atoms with van der Waals surface area (Å²) in [6.45, 7) is 5.44. The smallest absolute Gasteiger partial charge is 0.416 e. The fourth-order valence-electron chi connectivity index (χ4n) is 2.51. The summed E-state index contributed by atoms with van der Waals surface area (Å²) in [5, 5.41) is 10.9. The molecule has 1 amide bonds. The highest BCUT2D eigenvalue weighted by Crippen LogP contribution is 2.31. The van der Waals surface area contributed by atoms with Crippen LogP contribution in [0.5, 0.6) is 0 Å². The molecule has 6 nitrogen and oxygen atoms in total. The first-order chi connectivity index (χ1) is 10.3. The van der Waals surface area contributed by atoms with Crippen molar-refractivity contribution in [3.63, 3.8) is 0 Å². The van der Waals surface area contributed by atoms with Gasteiger partial charge in [0.2, 0.25) is 0 Å². The average Bonchev–Trinajstić information content (AvgIpc) is 2.87. The molecule has 0 unspecified atom stereocenters. The van der Waals surface area contributed by atoms with Gasteiger partial charge in [-0.2, -0.15) is 0 Å². The molecule has 1 aromatic heterocycles. The van der Waals surface area contributed by atoms with Crippen molar-refractivity contribution in [3.8, 4) is 0 Å². The van der Waals surface area contributed by atoms with Crippen LogP contribution in [-0.2, 0) is 4.74 Å². The van der Waals surface area contributed by atoms with Crippen molar-refractivity contribution < 1.29 is 19.4 Å². The Bertz CT molecular complexity index is 544. The van der Waals surface area contributed by atoms with Gasteiger partial charge in [0, 0.05) is 11.4 Å². The minimum atomic E-state index is -1.09. The number of hydrogen-bond acceptors (Lipinski definition) is 5. The van der Waals surface area contributed by atoms with Crippen molar-refractivity contribution in [2.24, 2.45) is 0 Å². The molecule has 22 heavy (non-hydrogen) atoms. The number of anilines is 1. The summed E-state index contributed by atoms with van der Waals surface area (Å²) in [4.78, 5) is 29.2. The minimum Gasteiger partial charge on any atom is -0.476 e. The van der Waals surface area contributed by atoms with Gasteiger partial charge in [-0.3, -0.25) is 0 Å². The summed E-state index contributed by atoms with van der Waals surface area (Å²) in [5.41, 5.74) is -0.638. The molecule has 0 aliphatic heterocycles. The molecule has 0 aromatic carbocycles. The lowest BCUT2D eigenvalue weighted by molar-refractivity contribution is 0.0555. The first-order valence-electron chi connectivity index (χ1n) is 7.49. The third kappa shape index (κ3) is 4.19. The zero-order valence-electron chi connectivity index (χ0n) is 13.2. The number of carboxylic acids is 1. The van der Waals surface area contributed by atoms with Gasteiger partial charge in [-0.1, -0.05) is 19.3 Å². The second-order valence-electron chi connectivity index (χ2n) is 6.46. The molecular formula is C15H22N2O4S. The van der Waals surface area contributed by atoms with Gasteiger partial charge < -0.3 is 9.84 Å². The molecule has 7 heteroatoms. The molecule has 0 radical (unpaired) electrons. The van der Waals surface area contributed by atoms with Crippen molar-refractivity contribution in [2.75, 3.05) is 4.90 Å². The van der Waals surface area contributed by atoms with E-state index in [0.717, 1.165) is 32.1 Å². The van der Waals surface area contributed by atoms with Crippen LogP contribution in [0.25, 0.3) is 0 Å². The van der Waals surface area contributed by atoms with Gasteiger partial charge in [0.05, 0.1) is 0 Å². The zero-order valence-corrected chi connectivity index (χ0v) is 14.0. The molecule has 122 valence electrons. The molecule has 0 spiro atoms. The molecule has 1 aliphatic rings. The zero-order chi connectivity index (χ0) is 16.3. The van der Waals surface area contributed by atoms with E-state index in [-0.39, 0.29) is 11.7 Å². The summed E-state index contributed by atoms with van der Waals surface area (Å²) in [7, 11) is 0. The van der Waals surface area contributed by atoms with Gasteiger partial charge >= 0.3 is 12.1 Å². The van der Waals surface area contributed by atoms with Crippen molar-refractivity contribution in [1.29, 1.82) is 0 Å². The van der Waals surface area contributed by atoms with E-state index in [0.29, 0.717) is 5.13 Å². The first-order valence-corrected chi connectivity index (χ1v) is 8.37. The highest BCUT2D eigenvalue weighted by Gasteiger charge is 2.32. The van der Waals surface area contributed by atoms with Crippen LogP contribution in [0.4, 0.5) is 9.93 Å². The van der Waals surface area contributed by atoms with E-state index in [1.165, 1.54) is 16.7 Å². The maximum atomic E-state index is 12.6. The molecule has 1 aliphatic carbocycles. The van der Waals surface area contributed by atoms with Crippen LogP contribution in [0.3, 0.4) is 0 Å². The van der Waals surface area contributed by atoms with E-state index < -0.39 is 17.7 Å². The second kappa shape index (κ2) is 6.64. The van der Waals surface area contributed by atoms with E-state index in [1.807, 2.05) is 20.8 Å². The van der Waals surface area contributed by atoms with Gasteiger partial charge in [0.25, 0.3) is 0 Å². The van der Waals surface area contributed by atoms with E-state index >= 15 is 0 Å². The van der Waals surface area contributed by atoms with Crippen molar-refractivity contribution in [2.45, 2.75) is 64.5 Å². The molecule has 1 heterocycles. The van der Waals surface area contributed by atoms with Crippen LogP contribution >= 0.6 is 11.3 Å². The molecular weight excluding hydrogens is 304 g/mol. The van der Waals surface area contributed by atoms with Crippen LogP contribution in [0, 0.1) is 0 Å². The number of hydrogen-bond donors (Lipinski definition) is 1. The predicted molar refractivity (Wildman–Crippen MR) is 84.7 cm³/mol. The predicted octanol–water partition coefficient (Wildman–Crippen LogP) is 3.92. The van der Waals surface area contributed by atoms with Crippen molar-refractivity contribution >= 4 is 28.5 Å². The molecule has 1 fully saturated rings. The molecule has 1 N–H and O–H groups in total. The fraction of sp³-hybridized carbons (Fsp3) is 0.667. The quantitative estimate of drug-likeness (QED) is 0.910. The number of thiazole rings is 1. The Morgan fingerprint density at radius 1 is 1.32 bits per heavy atom. The first kappa shape index (κ1) is 16.7. The number of rotatable bonds is 3. The molecule has 1 aromatic rings. The molecule has 2 rings (SSSR count). The maximum Gasteiger partial charge on any atom is 0.416 e. The summed E-state index contributed by atoms with van der Waals surface area (Å²) in [5.74, 6) is -1.09. The Morgan fingerprint density at radius 3 is 2.45 bits per heavy atom. The lowest BCUT2D eigenvalue weighted by atomic mass is 9.95. The standard InChI is InChI=1S/C15H22N2O4S/c1-15(2,3)21-14(20)17(10-7-5-4-6-8-10)13-16-11(9-22-13)12(18)19/h9-10H,4-8H2,1-3H3,(H,18,19). The average molecular weight is 326 g/mol. The topological polar surface area (TPSA) is 79.7 Å². The number of carbonyl (C=O) groups excluding carboxylic acids is 1. The Balaban J connectivity index is 2.27. The van der Waals surface area contributed by atoms with Crippen LogP contribution in [0.15, 0.2) is 5.38 Å². The highest BCUT2D eigenvalue weighted by molar-refractivity contribution is 7.14. The highest BCUT2D eigenvalue weighted by atomic mass is 32.1. The van der Waals surface area contributed by atoms with Gasteiger partial charge in [0.15, 0.2) is 10.8 Å². The lowest BCUT2D eigenvalue weighted by Gasteiger charge is -2.33. The number of nitrogens with zero attached hydrogens (tertiary/aromatic N) is 2. The van der Waals surface area contributed by atoms with Crippen LogP contribution in [0.2, 0.25) is 0 Å². The van der Waals surface area contributed by atoms with E-state index in [2.05, 4.69) is 4.98 Å². The van der Waals surface area contributed by atoms with Crippen LogP contribution in [0.1, 0.15) is 63.4 Å². The summed E-state index contributed by atoms with van der Waals surface area (Å²) in [6, 6.07) is 0.0244. The molecule has 0 atom stereocenters. The number of amides is 1. The third-order valence-electron chi connectivity index (χ3n) is 3.45. The van der Waals surface area contributed by atoms with Gasteiger partial charge in [-0.15, -0.1) is 11.3 Å². The normalized spacial score (nSPS) is 16.3. The van der Waals surface area contributed by atoms with Gasteiger partial charge in [-0.25, -0.2) is 19.5 Å². The number of aromatic nitrogens is 1. The van der Waals surface area contributed by atoms with Gasteiger partial charge in [-0.05, 0) is 33.6 Å². The Hall–Kier alpha value is -1.63. The van der Waals surface area contributed by atoms with Crippen molar-refractivity contribution in [1.82, 2.24) is 4.98 Å². The summed E-state index contributed by atoms with van der Waals surface area (Å²) >= 11 is 1.17. The minimum absolute atomic E-state index is 0.0244. The van der Waals surface area contributed by atoms with Gasteiger partial charge in [0.1, 0.15) is 5.60 Å². The summed E-state index contributed by atoms with van der Waals surface area (Å²) in [6.07, 6.45) is 4.60. The van der Waals surface area contributed by atoms with E-state index in [1.54, 1.807) is 4.90 Å². The molecule has 0 bridgehead atoms. The number of carbonyl (C=O) groups is 2. The number of carboxylic acid groups (broad SMARTS) is 1. The lowest BCUT2D eigenvalue weighted by Crippen LogP contribution is -2.44. The van der Waals surface area contributed by atoms with E-state index in [9.17, 15) is 9.59 Å². The maximum absolute atomic E-state index is 12.6. The van der Waals surface area contributed by atoms with Crippen LogP contribution in [-0.4, -0.2) is 33.8 Å². The van der Waals surface area contributed by atoms with E-state index in [4.69, 9.17) is 9.84 Å². The number of aromatic carboxylic acids is 1. The number of ether oxygens (including phenoxy) is 1. The SMILES string of the molecule is CC(C)(C)OC(=O)N(c1nc(C(=O)O)cs1)C1CCCCC1. The molecule has 0 saturated heterocycles. The summed E-state index contributed by atoms with van der Waals surface area (Å²) < 4.78 is 5.48. The second-order valence-corrected chi connectivity index (χ2v) is 7.30. The largest absolute Gasteiger partial charge is 0.476 e. The fourth-order valence-corrected chi connectivity index (χ4v) is 3.37.